The number of nitrogens with zero attached hydrogens (tertiary/aromatic N) is 4. The number of benzene rings is 2. The van der Waals surface area contributed by atoms with Crippen molar-refractivity contribution < 1.29 is 9.18 Å². The minimum absolute atomic E-state index is 0.207. The summed E-state index contributed by atoms with van der Waals surface area (Å²) in [5, 5.41) is 11.0. The summed E-state index contributed by atoms with van der Waals surface area (Å²) in [5.41, 5.74) is 1.40. The van der Waals surface area contributed by atoms with Crippen molar-refractivity contribution in [1.82, 2.24) is 19.7 Å². The van der Waals surface area contributed by atoms with Crippen LogP contribution in [-0.2, 0) is 13.0 Å². The highest BCUT2D eigenvalue weighted by Gasteiger charge is 2.28. The molecule has 2 amide bonds. The lowest BCUT2D eigenvalue weighted by Crippen LogP contribution is -2.33. The number of rotatable bonds is 5. The second kappa shape index (κ2) is 8.21. The first-order valence-corrected chi connectivity index (χ1v) is 9.40. The molecule has 2 heterocycles. The van der Waals surface area contributed by atoms with E-state index in [4.69, 9.17) is 0 Å². The Balaban J connectivity index is 1.35. The number of carbonyl (C=O) groups is 1. The fourth-order valence-corrected chi connectivity index (χ4v) is 3.55. The van der Waals surface area contributed by atoms with Crippen LogP contribution in [0.5, 0.6) is 0 Å². The highest BCUT2D eigenvalue weighted by molar-refractivity contribution is 5.89. The van der Waals surface area contributed by atoms with Crippen molar-refractivity contribution in [2.24, 2.45) is 5.92 Å². The van der Waals surface area contributed by atoms with Gasteiger partial charge >= 0.3 is 6.03 Å². The van der Waals surface area contributed by atoms with Crippen molar-refractivity contribution in [3.05, 3.63) is 78.1 Å². The summed E-state index contributed by atoms with van der Waals surface area (Å²) in [6.45, 7) is 2.00. The third kappa shape index (κ3) is 4.19. The summed E-state index contributed by atoms with van der Waals surface area (Å²) >= 11 is 0. The molecule has 4 rings (SSSR count). The lowest BCUT2D eigenvalue weighted by molar-refractivity contribution is 0.220. The number of amides is 2. The summed E-state index contributed by atoms with van der Waals surface area (Å²) in [6.07, 6.45) is 3.40. The summed E-state index contributed by atoms with van der Waals surface area (Å²) < 4.78 is 15.8. The molecule has 0 aliphatic carbocycles. The van der Waals surface area contributed by atoms with E-state index in [1.54, 1.807) is 29.4 Å². The molecule has 1 saturated heterocycles. The third-order valence-corrected chi connectivity index (χ3v) is 5.05. The van der Waals surface area contributed by atoms with Crippen LogP contribution in [0.15, 0.2) is 60.9 Å². The van der Waals surface area contributed by atoms with Crippen LogP contribution >= 0.6 is 0 Å². The van der Waals surface area contributed by atoms with Crippen LogP contribution in [0.25, 0.3) is 0 Å². The first-order valence-electron chi connectivity index (χ1n) is 9.40. The Morgan fingerprint density at radius 1 is 1.14 bits per heavy atom. The number of nitrogens with one attached hydrogen (secondary N) is 1. The largest absolute Gasteiger partial charge is 0.324 e. The third-order valence-electron chi connectivity index (χ3n) is 5.05. The molecule has 7 heteroatoms. The van der Waals surface area contributed by atoms with Gasteiger partial charge in [0.25, 0.3) is 0 Å². The summed E-state index contributed by atoms with van der Waals surface area (Å²) in [7, 11) is 0. The number of anilines is 1. The molecule has 3 aromatic rings. The predicted octanol–water partition coefficient (Wildman–Crippen LogP) is 3.56. The van der Waals surface area contributed by atoms with E-state index < -0.39 is 5.82 Å². The first kappa shape index (κ1) is 18.2. The standard InChI is InChI=1S/C21H22FN5O/c22-18-8-4-5-9-19(18)24-21(28)26-11-10-17(14-26)12-20-25-23-15-27(20)13-16-6-2-1-3-7-16/h1-9,15,17H,10-14H2,(H,24,28). The van der Waals surface area contributed by atoms with Crippen molar-refractivity contribution in [2.45, 2.75) is 19.4 Å². The van der Waals surface area contributed by atoms with E-state index in [0.29, 0.717) is 19.0 Å². The van der Waals surface area contributed by atoms with Gasteiger partial charge in [-0.3, -0.25) is 0 Å². The SMILES string of the molecule is O=C(Nc1ccccc1F)N1CCC(Cc2nncn2Cc2ccccc2)C1. The lowest BCUT2D eigenvalue weighted by atomic mass is 10.0. The molecule has 1 N–H and O–H groups in total. The monoisotopic (exact) mass is 379 g/mol. The Labute approximate surface area is 163 Å². The maximum atomic E-state index is 13.7. The van der Waals surface area contributed by atoms with Gasteiger partial charge in [0.1, 0.15) is 18.0 Å². The number of carbonyl (C=O) groups excluding carboxylic acids is 1. The highest BCUT2D eigenvalue weighted by atomic mass is 19.1. The molecule has 0 spiro atoms. The zero-order valence-corrected chi connectivity index (χ0v) is 15.5. The smallest absolute Gasteiger partial charge is 0.321 e. The lowest BCUT2D eigenvalue weighted by Gasteiger charge is -2.17. The topological polar surface area (TPSA) is 63.1 Å². The number of hydrogen-bond donors (Lipinski definition) is 1. The quantitative estimate of drug-likeness (QED) is 0.737. The average molecular weight is 379 g/mol. The van der Waals surface area contributed by atoms with Gasteiger partial charge in [-0.15, -0.1) is 10.2 Å². The van der Waals surface area contributed by atoms with Crippen LogP contribution in [0.1, 0.15) is 17.8 Å². The van der Waals surface area contributed by atoms with Gasteiger partial charge in [-0.2, -0.15) is 0 Å². The molecule has 2 aromatic carbocycles. The molecule has 1 aromatic heterocycles. The van der Waals surface area contributed by atoms with Crippen LogP contribution < -0.4 is 5.32 Å². The maximum Gasteiger partial charge on any atom is 0.321 e. The highest BCUT2D eigenvalue weighted by Crippen LogP contribution is 2.22. The molecule has 0 bridgehead atoms. The fourth-order valence-electron chi connectivity index (χ4n) is 3.55. The van der Waals surface area contributed by atoms with E-state index in [1.165, 1.54) is 11.6 Å². The summed E-state index contributed by atoms with van der Waals surface area (Å²) in [6, 6.07) is 16.1. The number of likely N-dealkylation sites (tertiary alicyclic amines) is 1. The second-order valence-electron chi connectivity index (χ2n) is 7.08. The van der Waals surface area contributed by atoms with Crippen molar-refractivity contribution in [3.63, 3.8) is 0 Å². The summed E-state index contributed by atoms with van der Waals surface area (Å²) in [4.78, 5) is 14.2. The van der Waals surface area contributed by atoms with Gasteiger partial charge in [0.05, 0.1) is 12.2 Å². The number of aromatic nitrogens is 3. The van der Waals surface area contributed by atoms with Crippen LogP contribution in [-0.4, -0.2) is 38.8 Å². The molecule has 1 aliphatic heterocycles. The van der Waals surface area contributed by atoms with E-state index in [9.17, 15) is 9.18 Å². The van der Waals surface area contributed by atoms with Crippen molar-refractivity contribution in [2.75, 3.05) is 18.4 Å². The van der Waals surface area contributed by atoms with Gasteiger partial charge in [-0.1, -0.05) is 42.5 Å². The number of halogens is 1. The molecule has 28 heavy (non-hydrogen) atoms. The fraction of sp³-hybridized carbons (Fsp3) is 0.286. The Bertz CT molecular complexity index is 943. The van der Waals surface area contributed by atoms with Gasteiger partial charge < -0.3 is 14.8 Å². The van der Waals surface area contributed by atoms with Crippen LogP contribution in [0.4, 0.5) is 14.9 Å². The predicted molar refractivity (Wildman–Crippen MR) is 104 cm³/mol. The molecule has 6 nitrogen and oxygen atoms in total. The van der Waals surface area contributed by atoms with E-state index >= 15 is 0 Å². The molecule has 1 atom stereocenters. The zero-order chi connectivity index (χ0) is 19.3. The van der Waals surface area contributed by atoms with E-state index in [2.05, 4.69) is 32.2 Å². The van der Waals surface area contributed by atoms with Crippen molar-refractivity contribution in [3.8, 4) is 0 Å². The molecule has 1 unspecified atom stereocenters. The minimum atomic E-state index is -0.430. The van der Waals surface area contributed by atoms with Crippen molar-refractivity contribution in [1.29, 1.82) is 0 Å². The number of para-hydroxylation sites is 1. The molecule has 1 aliphatic rings. The minimum Gasteiger partial charge on any atom is -0.324 e. The normalized spacial score (nSPS) is 16.3. The molecule has 0 saturated carbocycles. The van der Waals surface area contributed by atoms with E-state index in [1.807, 2.05) is 18.2 Å². The second-order valence-corrected chi connectivity index (χ2v) is 7.08. The average Bonchev–Trinajstić information content (AvgIpc) is 3.35. The van der Waals surface area contributed by atoms with Gasteiger partial charge in [-0.05, 0) is 30.0 Å². The molecule has 144 valence electrons. The molecule has 0 radical (unpaired) electrons. The summed E-state index contributed by atoms with van der Waals surface area (Å²) in [5.74, 6) is 0.802. The van der Waals surface area contributed by atoms with Crippen molar-refractivity contribution >= 4 is 11.7 Å². The zero-order valence-electron chi connectivity index (χ0n) is 15.5. The van der Waals surface area contributed by atoms with E-state index in [0.717, 1.165) is 25.2 Å². The van der Waals surface area contributed by atoms with Crippen LogP contribution in [0.2, 0.25) is 0 Å². The number of urea groups is 1. The molecular weight excluding hydrogens is 357 g/mol. The molecular formula is C21H22FN5O. The van der Waals surface area contributed by atoms with Gasteiger partial charge in [0.15, 0.2) is 0 Å². The van der Waals surface area contributed by atoms with Gasteiger partial charge in [0.2, 0.25) is 0 Å². The Morgan fingerprint density at radius 3 is 2.75 bits per heavy atom. The Hall–Kier alpha value is -3.22. The Morgan fingerprint density at radius 2 is 1.93 bits per heavy atom. The maximum absolute atomic E-state index is 13.7. The van der Waals surface area contributed by atoms with Crippen LogP contribution in [0, 0.1) is 11.7 Å². The van der Waals surface area contributed by atoms with Gasteiger partial charge in [0, 0.05) is 19.5 Å². The van der Waals surface area contributed by atoms with E-state index in [-0.39, 0.29) is 11.7 Å². The first-order chi connectivity index (χ1) is 13.7. The molecule has 1 fully saturated rings. The Kier molecular flexibility index (Phi) is 5.32. The van der Waals surface area contributed by atoms with Gasteiger partial charge in [-0.25, -0.2) is 9.18 Å². The van der Waals surface area contributed by atoms with Crippen LogP contribution in [0.3, 0.4) is 0 Å². The number of hydrogen-bond acceptors (Lipinski definition) is 3.